The third kappa shape index (κ3) is 7.58. The molecule has 2 aromatic carbocycles. The molecule has 216 valence electrons. The summed E-state index contributed by atoms with van der Waals surface area (Å²) in [6.45, 7) is 4.05. The largest absolute Gasteiger partial charge is 0.489 e. The number of benzene rings is 2. The third-order valence-electron chi connectivity index (χ3n) is 7.21. The fourth-order valence-corrected chi connectivity index (χ4v) is 6.44. The SMILES string of the molecule is N#Cc1cc(-c2ccnc(Nc3ccc(CS(=O)(=O)N4CCN(CCO)CC4)cc3)n2)ccc1OC1CCOCC1. The van der Waals surface area contributed by atoms with Gasteiger partial charge in [-0.2, -0.15) is 9.57 Å². The van der Waals surface area contributed by atoms with Gasteiger partial charge in [0.25, 0.3) is 0 Å². The predicted octanol–water partition coefficient (Wildman–Crippen LogP) is 2.76. The smallest absolute Gasteiger partial charge is 0.227 e. The van der Waals surface area contributed by atoms with Gasteiger partial charge in [-0.3, -0.25) is 4.90 Å². The first-order chi connectivity index (χ1) is 19.9. The van der Waals surface area contributed by atoms with Crippen molar-refractivity contribution in [3.05, 3.63) is 65.9 Å². The number of aromatic nitrogens is 2. The van der Waals surface area contributed by atoms with Crippen molar-refractivity contribution in [1.29, 1.82) is 5.26 Å². The molecule has 2 saturated heterocycles. The maximum Gasteiger partial charge on any atom is 0.227 e. The van der Waals surface area contributed by atoms with Crippen molar-refractivity contribution in [2.24, 2.45) is 0 Å². The highest BCUT2D eigenvalue weighted by atomic mass is 32.2. The molecule has 0 atom stereocenters. The summed E-state index contributed by atoms with van der Waals surface area (Å²) < 4.78 is 38.8. The highest BCUT2D eigenvalue weighted by molar-refractivity contribution is 7.88. The molecule has 41 heavy (non-hydrogen) atoms. The van der Waals surface area contributed by atoms with Crippen molar-refractivity contribution >= 4 is 21.7 Å². The van der Waals surface area contributed by atoms with Crippen molar-refractivity contribution in [1.82, 2.24) is 19.2 Å². The minimum absolute atomic E-state index is 0.0381. The maximum atomic E-state index is 12.9. The summed E-state index contributed by atoms with van der Waals surface area (Å²) in [5.74, 6) is 0.862. The molecule has 2 aliphatic rings. The van der Waals surface area contributed by atoms with Crippen LogP contribution in [0.25, 0.3) is 11.3 Å². The van der Waals surface area contributed by atoms with Crippen LogP contribution in [0.1, 0.15) is 24.0 Å². The normalized spacial score (nSPS) is 17.2. The monoisotopic (exact) mass is 578 g/mol. The zero-order valence-electron chi connectivity index (χ0n) is 22.8. The molecule has 0 aliphatic carbocycles. The number of hydrogen-bond donors (Lipinski definition) is 2. The van der Waals surface area contributed by atoms with Gasteiger partial charge >= 0.3 is 0 Å². The van der Waals surface area contributed by atoms with E-state index in [-0.39, 0.29) is 18.5 Å². The number of ether oxygens (including phenoxy) is 2. The number of piperazine rings is 1. The van der Waals surface area contributed by atoms with E-state index in [1.54, 1.807) is 48.7 Å². The average Bonchev–Trinajstić information content (AvgIpc) is 2.99. The molecular weight excluding hydrogens is 544 g/mol. The number of sulfonamides is 1. The van der Waals surface area contributed by atoms with Gasteiger partial charge in [0, 0.05) is 63.0 Å². The molecule has 0 bridgehead atoms. The first-order valence-corrected chi connectivity index (χ1v) is 15.3. The minimum Gasteiger partial charge on any atom is -0.489 e. The minimum atomic E-state index is -3.44. The first-order valence-electron chi connectivity index (χ1n) is 13.7. The van der Waals surface area contributed by atoms with Crippen LogP contribution < -0.4 is 10.1 Å². The molecule has 1 aromatic heterocycles. The van der Waals surface area contributed by atoms with Gasteiger partial charge in [0.05, 0.1) is 36.8 Å². The molecule has 2 aliphatic heterocycles. The molecule has 12 heteroatoms. The fourth-order valence-electron chi connectivity index (χ4n) is 4.92. The summed E-state index contributed by atoms with van der Waals surface area (Å²) in [7, 11) is -3.44. The highest BCUT2D eigenvalue weighted by Gasteiger charge is 2.27. The van der Waals surface area contributed by atoms with Crippen LogP contribution >= 0.6 is 0 Å². The number of β-amino-alcohol motifs (C(OH)–C–C–N with tert-alkyl or cyclic N) is 1. The van der Waals surface area contributed by atoms with Gasteiger partial charge in [0.15, 0.2) is 0 Å². The topological polar surface area (TPSA) is 141 Å². The molecule has 0 spiro atoms. The van der Waals surface area contributed by atoms with E-state index in [1.165, 1.54) is 4.31 Å². The molecule has 0 saturated carbocycles. The predicted molar refractivity (Wildman–Crippen MR) is 154 cm³/mol. The van der Waals surface area contributed by atoms with Gasteiger partial charge < -0.3 is 19.9 Å². The molecule has 3 heterocycles. The van der Waals surface area contributed by atoms with Crippen LogP contribution in [0.2, 0.25) is 0 Å². The molecular formula is C29H34N6O5S. The lowest BCUT2D eigenvalue weighted by atomic mass is 10.1. The third-order valence-corrected chi connectivity index (χ3v) is 9.06. The molecule has 2 fully saturated rings. The summed E-state index contributed by atoms with van der Waals surface area (Å²) in [4.78, 5) is 11.0. The number of aliphatic hydroxyl groups is 1. The van der Waals surface area contributed by atoms with Crippen LogP contribution in [0.15, 0.2) is 54.7 Å². The van der Waals surface area contributed by atoms with Crippen molar-refractivity contribution in [2.45, 2.75) is 24.7 Å². The molecule has 11 nitrogen and oxygen atoms in total. The summed E-state index contributed by atoms with van der Waals surface area (Å²) in [5.41, 5.74) is 3.27. The van der Waals surface area contributed by atoms with Crippen molar-refractivity contribution in [2.75, 3.05) is 57.9 Å². The number of anilines is 2. The highest BCUT2D eigenvalue weighted by Crippen LogP contribution is 2.28. The summed E-state index contributed by atoms with van der Waals surface area (Å²) in [5, 5.41) is 22.0. The maximum absolute atomic E-state index is 12.9. The van der Waals surface area contributed by atoms with Crippen LogP contribution in [0.4, 0.5) is 11.6 Å². The van der Waals surface area contributed by atoms with Crippen LogP contribution in [-0.4, -0.2) is 91.3 Å². The Labute approximate surface area is 240 Å². The standard InChI is InChI=1S/C29H34N6O5S/c30-20-24-19-23(3-6-28(24)40-26-8-17-39-18-9-26)27-7-10-31-29(33-27)32-25-4-1-22(2-5-25)21-41(37,38)35-13-11-34(12-14-35)15-16-36/h1-7,10,19,26,36H,8-9,11-18,21H2,(H,31,32,33). The molecule has 0 amide bonds. The number of rotatable bonds is 10. The molecule has 2 N–H and O–H groups in total. The van der Waals surface area contributed by atoms with E-state index < -0.39 is 10.0 Å². The Balaban J connectivity index is 1.21. The number of nitrogens with one attached hydrogen (secondary N) is 1. The van der Waals surface area contributed by atoms with Gasteiger partial charge in [-0.25, -0.2) is 18.4 Å². The van der Waals surface area contributed by atoms with Crippen molar-refractivity contribution in [3.63, 3.8) is 0 Å². The van der Waals surface area contributed by atoms with E-state index >= 15 is 0 Å². The number of nitriles is 1. The van der Waals surface area contributed by atoms with Gasteiger partial charge in [0.2, 0.25) is 16.0 Å². The Morgan fingerprint density at radius 3 is 2.54 bits per heavy atom. The van der Waals surface area contributed by atoms with E-state index in [9.17, 15) is 13.7 Å². The van der Waals surface area contributed by atoms with Crippen molar-refractivity contribution in [3.8, 4) is 23.1 Å². The Morgan fingerprint density at radius 2 is 1.83 bits per heavy atom. The zero-order valence-corrected chi connectivity index (χ0v) is 23.6. The molecule has 5 rings (SSSR count). The molecule has 0 radical (unpaired) electrons. The van der Waals surface area contributed by atoms with E-state index in [2.05, 4.69) is 26.3 Å². The van der Waals surface area contributed by atoms with Gasteiger partial charge in [-0.05, 0) is 42.0 Å². The second-order valence-corrected chi connectivity index (χ2v) is 12.0. The number of aliphatic hydroxyl groups excluding tert-OH is 1. The van der Waals surface area contributed by atoms with Crippen LogP contribution in [-0.2, 0) is 20.5 Å². The van der Waals surface area contributed by atoms with E-state index in [0.29, 0.717) is 74.5 Å². The van der Waals surface area contributed by atoms with Crippen molar-refractivity contribution < 1.29 is 23.0 Å². The number of hydrogen-bond acceptors (Lipinski definition) is 10. The molecule has 3 aromatic rings. The summed E-state index contributed by atoms with van der Waals surface area (Å²) in [6, 6.07) is 16.6. The van der Waals surface area contributed by atoms with Crippen LogP contribution in [0.5, 0.6) is 5.75 Å². The lowest BCUT2D eigenvalue weighted by molar-refractivity contribution is 0.0254. The Kier molecular flexibility index (Phi) is 9.43. The van der Waals surface area contributed by atoms with E-state index in [0.717, 1.165) is 24.1 Å². The molecule has 0 unspecified atom stereocenters. The fraction of sp³-hybridized carbons (Fsp3) is 0.414. The second-order valence-electron chi connectivity index (χ2n) is 10.1. The Hall–Kier alpha value is -3.60. The lowest BCUT2D eigenvalue weighted by Gasteiger charge is -2.33. The number of nitrogens with zero attached hydrogens (tertiary/aromatic N) is 5. The average molecular weight is 579 g/mol. The Morgan fingerprint density at radius 1 is 1.07 bits per heavy atom. The zero-order chi connectivity index (χ0) is 28.7. The Bertz CT molecular complexity index is 1460. The first kappa shape index (κ1) is 28.9. The van der Waals surface area contributed by atoms with Crippen LogP contribution in [0, 0.1) is 11.3 Å². The van der Waals surface area contributed by atoms with Gasteiger partial charge in [-0.15, -0.1) is 0 Å². The second kappa shape index (κ2) is 13.4. The lowest BCUT2D eigenvalue weighted by Crippen LogP contribution is -2.49. The van der Waals surface area contributed by atoms with E-state index in [4.69, 9.17) is 14.6 Å². The van der Waals surface area contributed by atoms with Gasteiger partial charge in [-0.1, -0.05) is 12.1 Å². The quantitative estimate of drug-likeness (QED) is 0.369. The van der Waals surface area contributed by atoms with Gasteiger partial charge in [0.1, 0.15) is 17.9 Å². The summed E-state index contributed by atoms with van der Waals surface area (Å²) >= 11 is 0. The summed E-state index contributed by atoms with van der Waals surface area (Å²) in [6.07, 6.45) is 3.28. The van der Waals surface area contributed by atoms with Crippen LogP contribution in [0.3, 0.4) is 0 Å². The van der Waals surface area contributed by atoms with E-state index in [1.807, 2.05) is 6.07 Å².